The van der Waals surface area contributed by atoms with Crippen LogP contribution in [0.3, 0.4) is 0 Å². The average Bonchev–Trinajstić information content (AvgIpc) is 2.19. The van der Waals surface area contributed by atoms with Gasteiger partial charge in [-0.1, -0.05) is 17.6 Å². The number of hydrogen-bond acceptors (Lipinski definition) is 2. The zero-order valence-electron chi connectivity index (χ0n) is 8.49. The van der Waals surface area contributed by atoms with Crippen LogP contribution < -0.4 is 10.4 Å². The van der Waals surface area contributed by atoms with Gasteiger partial charge in [-0.3, -0.25) is 0 Å². The van der Waals surface area contributed by atoms with Gasteiger partial charge in [0.15, 0.2) is 0 Å². The average molecular weight is 187 g/mol. The maximum atomic E-state index is 5.71. The largest absolute Gasteiger partial charge is 0.378 e. The molecule has 2 rings (SSSR count). The van der Waals surface area contributed by atoms with Crippen molar-refractivity contribution < 1.29 is 4.74 Å². The molecule has 0 N–H and O–H groups in total. The van der Waals surface area contributed by atoms with Crippen molar-refractivity contribution in [2.45, 2.75) is 6.92 Å². The van der Waals surface area contributed by atoms with Crippen LogP contribution >= 0.6 is 0 Å². The third kappa shape index (κ3) is 1.93. The molecule has 1 heterocycles. The first-order chi connectivity index (χ1) is 6.77. The fraction of sp³-hybridized carbons (Fsp3) is 0.455. The summed E-state index contributed by atoms with van der Waals surface area (Å²) in [6.07, 6.45) is 0. The van der Waals surface area contributed by atoms with E-state index in [1.807, 2.05) is 12.1 Å². The van der Waals surface area contributed by atoms with Gasteiger partial charge in [-0.05, 0) is 18.6 Å². The molecular formula is C11H14BNO. The van der Waals surface area contributed by atoms with Gasteiger partial charge in [-0.25, -0.2) is 0 Å². The molecule has 1 fully saturated rings. The van der Waals surface area contributed by atoms with Crippen LogP contribution in [0.2, 0.25) is 0 Å². The lowest BCUT2D eigenvalue weighted by molar-refractivity contribution is 0.122. The van der Waals surface area contributed by atoms with Crippen LogP contribution in [0.1, 0.15) is 5.56 Å². The highest BCUT2D eigenvalue weighted by Gasteiger charge is 2.12. The minimum absolute atomic E-state index is 0.823. The van der Waals surface area contributed by atoms with E-state index in [2.05, 4.69) is 17.9 Å². The topological polar surface area (TPSA) is 12.5 Å². The van der Waals surface area contributed by atoms with E-state index < -0.39 is 0 Å². The van der Waals surface area contributed by atoms with Gasteiger partial charge in [-0.15, -0.1) is 0 Å². The monoisotopic (exact) mass is 187 g/mol. The first-order valence-electron chi connectivity index (χ1n) is 4.96. The number of anilines is 1. The Morgan fingerprint density at radius 3 is 2.64 bits per heavy atom. The number of aryl methyl sites for hydroxylation is 1. The molecule has 0 aromatic heterocycles. The maximum Gasteiger partial charge on any atom is 0.113 e. The fourth-order valence-electron chi connectivity index (χ4n) is 1.84. The Kier molecular flexibility index (Phi) is 2.78. The van der Waals surface area contributed by atoms with Crippen LogP contribution in [-0.4, -0.2) is 34.1 Å². The van der Waals surface area contributed by atoms with Crippen LogP contribution in [0.5, 0.6) is 0 Å². The molecule has 3 heteroatoms. The summed E-state index contributed by atoms with van der Waals surface area (Å²) < 4.78 is 5.32. The van der Waals surface area contributed by atoms with Crippen molar-refractivity contribution in [1.29, 1.82) is 0 Å². The van der Waals surface area contributed by atoms with Gasteiger partial charge in [0.25, 0.3) is 0 Å². The van der Waals surface area contributed by atoms with Crippen LogP contribution in [-0.2, 0) is 4.74 Å². The van der Waals surface area contributed by atoms with Crippen molar-refractivity contribution in [2.24, 2.45) is 0 Å². The second kappa shape index (κ2) is 4.05. The molecule has 0 bridgehead atoms. The van der Waals surface area contributed by atoms with E-state index in [-0.39, 0.29) is 0 Å². The van der Waals surface area contributed by atoms with E-state index in [1.165, 1.54) is 11.3 Å². The van der Waals surface area contributed by atoms with E-state index >= 15 is 0 Å². The van der Waals surface area contributed by atoms with Gasteiger partial charge in [0.2, 0.25) is 0 Å². The molecule has 0 saturated carbocycles. The Morgan fingerprint density at radius 2 is 2.00 bits per heavy atom. The Balaban J connectivity index is 2.22. The zero-order chi connectivity index (χ0) is 9.97. The molecule has 2 radical (unpaired) electrons. The van der Waals surface area contributed by atoms with E-state index in [0.29, 0.717) is 0 Å². The Labute approximate surface area is 86.3 Å². The summed E-state index contributed by atoms with van der Waals surface area (Å²) >= 11 is 0. The summed E-state index contributed by atoms with van der Waals surface area (Å²) in [4.78, 5) is 2.35. The summed E-state index contributed by atoms with van der Waals surface area (Å²) in [5.74, 6) is 0. The molecule has 1 saturated heterocycles. The quantitative estimate of drug-likeness (QED) is 0.597. The van der Waals surface area contributed by atoms with Crippen molar-refractivity contribution in [1.82, 2.24) is 0 Å². The van der Waals surface area contributed by atoms with Gasteiger partial charge >= 0.3 is 0 Å². The zero-order valence-corrected chi connectivity index (χ0v) is 8.49. The first-order valence-corrected chi connectivity index (χ1v) is 4.96. The molecule has 2 nitrogen and oxygen atoms in total. The molecule has 0 amide bonds. The predicted molar refractivity (Wildman–Crippen MR) is 59.6 cm³/mol. The number of morpholine rings is 1. The summed E-state index contributed by atoms with van der Waals surface area (Å²) in [5.41, 5.74) is 3.36. The highest BCUT2D eigenvalue weighted by Crippen LogP contribution is 2.19. The number of hydrogen-bond donors (Lipinski definition) is 0. The van der Waals surface area contributed by atoms with Gasteiger partial charge in [0.1, 0.15) is 7.85 Å². The lowest BCUT2D eigenvalue weighted by atomic mass is 9.94. The van der Waals surface area contributed by atoms with Crippen LogP contribution in [0.4, 0.5) is 5.69 Å². The lowest BCUT2D eigenvalue weighted by Gasteiger charge is -2.30. The molecule has 0 unspecified atom stereocenters. The van der Waals surface area contributed by atoms with Gasteiger partial charge in [-0.2, -0.15) is 0 Å². The van der Waals surface area contributed by atoms with Crippen molar-refractivity contribution in [3.8, 4) is 0 Å². The molecular weight excluding hydrogens is 173 g/mol. The first kappa shape index (κ1) is 9.59. The summed E-state index contributed by atoms with van der Waals surface area (Å²) in [6.45, 7) is 5.70. The number of benzene rings is 1. The highest BCUT2D eigenvalue weighted by atomic mass is 16.5. The van der Waals surface area contributed by atoms with Crippen LogP contribution in [0.25, 0.3) is 0 Å². The molecule has 1 aliphatic rings. The van der Waals surface area contributed by atoms with Crippen LogP contribution in [0, 0.1) is 6.92 Å². The Morgan fingerprint density at radius 1 is 1.29 bits per heavy atom. The molecule has 72 valence electrons. The molecule has 1 aromatic carbocycles. The molecule has 1 aromatic rings. The molecule has 0 spiro atoms. The lowest BCUT2D eigenvalue weighted by Crippen LogP contribution is -2.36. The third-order valence-corrected chi connectivity index (χ3v) is 2.57. The van der Waals surface area contributed by atoms with Crippen molar-refractivity contribution in [3.05, 3.63) is 23.8 Å². The fourth-order valence-corrected chi connectivity index (χ4v) is 1.84. The van der Waals surface area contributed by atoms with Crippen molar-refractivity contribution in [2.75, 3.05) is 31.2 Å². The summed E-state index contributed by atoms with van der Waals surface area (Å²) in [7, 11) is 5.71. The van der Waals surface area contributed by atoms with E-state index in [9.17, 15) is 0 Å². The molecule has 0 aliphatic carbocycles. The Hall–Kier alpha value is -0.955. The van der Waals surface area contributed by atoms with Gasteiger partial charge < -0.3 is 9.64 Å². The number of rotatable bonds is 1. The SMILES string of the molecule is [B]c1ccc(N2CCOCC2)c(C)c1. The van der Waals surface area contributed by atoms with E-state index in [0.717, 1.165) is 31.8 Å². The predicted octanol–water partition coefficient (Wildman–Crippen LogP) is 0.625. The second-order valence-corrected chi connectivity index (χ2v) is 3.65. The molecule has 1 aliphatic heterocycles. The normalized spacial score (nSPS) is 17.1. The highest BCUT2D eigenvalue weighted by molar-refractivity contribution is 6.32. The third-order valence-electron chi connectivity index (χ3n) is 2.57. The van der Waals surface area contributed by atoms with Gasteiger partial charge in [0.05, 0.1) is 13.2 Å². The van der Waals surface area contributed by atoms with Crippen molar-refractivity contribution in [3.63, 3.8) is 0 Å². The summed E-state index contributed by atoms with van der Waals surface area (Å²) in [6, 6.07) is 6.07. The van der Waals surface area contributed by atoms with Gasteiger partial charge in [0, 0.05) is 18.8 Å². The number of ether oxygens (including phenoxy) is 1. The van der Waals surface area contributed by atoms with Crippen LogP contribution in [0.15, 0.2) is 18.2 Å². The minimum Gasteiger partial charge on any atom is -0.378 e. The van der Waals surface area contributed by atoms with E-state index in [1.54, 1.807) is 0 Å². The molecule has 14 heavy (non-hydrogen) atoms. The smallest absolute Gasteiger partial charge is 0.113 e. The van der Waals surface area contributed by atoms with Crippen molar-refractivity contribution >= 4 is 19.0 Å². The number of nitrogens with zero attached hydrogens (tertiary/aromatic N) is 1. The molecule has 0 atom stereocenters. The standard InChI is InChI=1S/C11H14BNO/c1-9-8-10(12)2-3-11(9)13-4-6-14-7-5-13/h2-3,8H,4-7H2,1H3. The van der Waals surface area contributed by atoms with E-state index in [4.69, 9.17) is 12.6 Å². The second-order valence-electron chi connectivity index (χ2n) is 3.65. The minimum atomic E-state index is 0.823. The maximum absolute atomic E-state index is 5.71. The Bertz CT molecular complexity index is 321. The summed E-state index contributed by atoms with van der Waals surface area (Å²) in [5, 5.41) is 0.